The summed E-state index contributed by atoms with van der Waals surface area (Å²) in [5, 5.41) is 0. The first-order valence-corrected chi connectivity index (χ1v) is 6.63. The van der Waals surface area contributed by atoms with Crippen molar-refractivity contribution in [1.82, 2.24) is 5.43 Å². The lowest BCUT2D eigenvalue weighted by atomic mass is 10.1. The van der Waals surface area contributed by atoms with E-state index in [-0.39, 0.29) is 5.91 Å². The fraction of sp³-hybridized carbons (Fsp3) is 0.500. The van der Waals surface area contributed by atoms with Crippen molar-refractivity contribution in [2.45, 2.75) is 32.1 Å². The molecular weight excluding hydrogens is 226 g/mol. The zero-order valence-corrected chi connectivity index (χ0v) is 10.7. The van der Waals surface area contributed by atoms with E-state index in [1.807, 2.05) is 0 Å². The fourth-order valence-corrected chi connectivity index (χ4v) is 2.48. The monoisotopic (exact) mass is 247 g/mol. The van der Waals surface area contributed by atoms with E-state index in [0.717, 1.165) is 38.8 Å². The molecule has 2 rings (SSSR count). The molecular formula is C14H21N3O. The summed E-state index contributed by atoms with van der Waals surface area (Å²) in [5.41, 5.74) is 5.01. The van der Waals surface area contributed by atoms with Crippen LogP contribution in [0.2, 0.25) is 0 Å². The Kier molecular flexibility index (Phi) is 4.59. The number of carbonyl (C=O) groups is 1. The number of nitrogens with zero attached hydrogens (tertiary/aromatic N) is 1. The van der Waals surface area contributed by atoms with Crippen molar-refractivity contribution < 1.29 is 4.79 Å². The van der Waals surface area contributed by atoms with Crippen LogP contribution in [0.5, 0.6) is 0 Å². The average Bonchev–Trinajstić information content (AvgIpc) is 2.81. The van der Waals surface area contributed by atoms with Crippen LogP contribution in [0.15, 0.2) is 24.3 Å². The third-order valence-electron chi connectivity index (χ3n) is 3.48. The van der Waals surface area contributed by atoms with Crippen molar-refractivity contribution in [3.63, 3.8) is 0 Å². The van der Waals surface area contributed by atoms with Crippen molar-refractivity contribution in [2.24, 2.45) is 5.84 Å². The number of carbonyl (C=O) groups excluding carboxylic acids is 1. The Morgan fingerprint density at radius 3 is 2.94 bits per heavy atom. The molecule has 0 aromatic heterocycles. The first kappa shape index (κ1) is 12.9. The Labute approximate surface area is 108 Å². The molecule has 18 heavy (non-hydrogen) atoms. The van der Waals surface area contributed by atoms with Gasteiger partial charge in [-0.2, -0.15) is 0 Å². The van der Waals surface area contributed by atoms with Crippen LogP contribution in [0.25, 0.3) is 0 Å². The van der Waals surface area contributed by atoms with E-state index in [1.165, 1.54) is 11.3 Å². The molecule has 1 aliphatic heterocycles. The van der Waals surface area contributed by atoms with Crippen molar-refractivity contribution in [3.8, 4) is 0 Å². The molecule has 98 valence electrons. The molecule has 0 fully saturated rings. The minimum Gasteiger partial charge on any atom is -0.371 e. The molecule has 1 aliphatic rings. The Morgan fingerprint density at radius 1 is 1.28 bits per heavy atom. The second kappa shape index (κ2) is 6.40. The van der Waals surface area contributed by atoms with Crippen LogP contribution in [0, 0.1) is 0 Å². The summed E-state index contributed by atoms with van der Waals surface area (Å²) in [7, 11) is 0. The largest absolute Gasteiger partial charge is 0.371 e. The highest BCUT2D eigenvalue weighted by atomic mass is 16.2. The molecule has 0 spiro atoms. The number of amides is 1. The molecule has 4 nitrogen and oxygen atoms in total. The van der Waals surface area contributed by atoms with Gasteiger partial charge in [0.15, 0.2) is 0 Å². The summed E-state index contributed by atoms with van der Waals surface area (Å²) in [5.74, 6) is 4.96. The van der Waals surface area contributed by atoms with Gasteiger partial charge >= 0.3 is 0 Å². The van der Waals surface area contributed by atoms with E-state index in [0.29, 0.717) is 6.42 Å². The van der Waals surface area contributed by atoms with Gasteiger partial charge in [0, 0.05) is 25.2 Å². The maximum absolute atomic E-state index is 10.9. The van der Waals surface area contributed by atoms with Crippen molar-refractivity contribution >= 4 is 11.6 Å². The predicted octanol–water partition coefficient (Wildman–Crippen LogP) is 1.60. The van der Waals surface area contributed by atoms with Crippen LogP contribution in [-0.4, -0.2) is 19.0 Å². The van der Waals surface area contributed by atoms with Crippen LogP contribution >= 0.6 is 0 Å². The summed E-state index contributed by atoms with van der Waals surface area (Å²) < 4.78 is 0. The van der Waals surface area contributed by atoms with E-state index < -0.39 is 0 Å². The lowest BCUT2D eigenvalue weighted by Gasteiger charge is -2.19. The summed E-state index contributed by atoms with van der Waals surface area (Å²) in [6, 6.07) is 8.61. The molecule has 0 saturated carbocycles. The minimum absolute atomic E-state index is 0.0680. The van der Waals surface area contributed by atoms with E-state index in [1.54, 1.807) is 0 Å². The Hall–Kier alpha value is -1.55. The van der Waals surface area contributed by atoms with Crippen LogP contribution < -0.4 is 16.2 Å². The van der Waals surface area contributed by atoms with Crippen molar-refractivity contribution in [2.75, 3.05) is 18.0 Å². The van der Waals surface area contributed by atoms with E-state index in [4.69, 9.17) is 5.84 Å². The number of fused-ring (bicyclic) bond motifs is 1. The molecule has 0 radical (unpaired) electrons. The Morgan fingerprint density at radius 2 is 2.11 bits per heavy atom. The van der Waals surface area contributed by atoms with Gasteiger partial charge in [0.05, 0.1) is 0 Å². The minimum atomic E-state index is -0.0680. The smallest absolute Gasteiger partial charge is 0.233 e. The summed E-state index contributed by atoms with van der Waals surface area (Å²) >= 11 is 0. The average molecular weight is 247 g/mol. The zero-order valence-electron chi connectivity index (χ0n) is 10.7. The maximum Gasteiger partial charge on any atom is 0.233 e. The van der Waals surface area contributed by atoms with Gasteiger partial charge in [0.2, 0.25) is 5.91 Å². The van der Waals surface area contributed by atoms with Gasteiger partial charge in [-0.15, -0.1) is 0 Å². The summed E-state index contributed by atoms with van der Waals surface area (Å²) in [6.45, 7) is 2.21. The Balaban J connectivity index is 1.68. The third-order valence-corrected chi connectivity index (χ3v) is 3.48. The molecule has 0 unspecified atom stereocenters. The molecule has 0 bridgehead atoms. The predicted molar refractivity (Wildman–Crippen MR) is 73.2 cm³/mol. The number of anilines is 1. The summed E-state index contributed by atoms with van der Waals surface area (Å²) in [4.78, 5) is 13.4. The van der Waals surface area contributed by atoms with Crippen LogP contribution in [0.3, 0.4) is 0 Å². The number of rotatable bonds is 6. The standard InChI is InChI=1S/C14H21N3O/c15-16-14(18)8-2-1-5-10-17-11-9-12-6-3-4-7-13(12)17/h3-4,6-7H,1-2,5,8-11,15H2,(H,16,18). The summed E-state index contributed by atoms with van der Waals surface area (Å²) in [6.07, 6.45) is 4.82. The number of hydrogen-bond donors (Lipinski definition) is 2. The number of hydrogen-bond acceptors (Lipinski definition) is 3. The van der Waals surface area contributed by atoms with Gasteiger partial charge in [-0.3, -0.25) is 10.2 Å². The quantitative estimate of drug-likeness (QED) is 0.347. The normalized spacial score (nSPS) is 13.5. The van der Waals surface area contributed by atoms with E-state index in [9.17, 15) is 4.79 Å². The highest BCUT2D eigenvalue weighted by molar-refractivity contribution is 5.75. The number of para-hydroxylation sites is 1. The van der Waals surface area contributed by atoms with Gasteiger partial charge in [-0.25, -0.2) is 5.84 Å². The molecule has 1 aromatic rings. The second-order valence-corrected chi connectivity index (χ2v) is 4.74. The highest BCUT2D eigenvalue weighted by Crippen LogP contribution is 2.27. The number of hydrazine groups is 1. The number of unbranched alkanes of at least 4 members (excludes halogenated alkanes) is 2. The fourth-order valence-electron chi connectivity index (χ4n) is 2.48. The van der Waals surface area contributed by atoms with Crippen LogP contribution in [0.4, 0.5) is 5.69 Å². The number of nitrogens with two attached hydrogens (primary N) is 1. The first-order valence-electron chi connectivity index (χ1n) is 6.63. The van der Waals surface area contributed by atoms with Gasteiger partial charge < -0.3 is 4.90 Å². The Bertz CT molecular complexity index is 406. The first-order chi connectivity index (χ1) is 8.81. The molecule has 3 N–H and O–H groups in total. The lowest BCUT2D eigenvalue weighted by Crippen LogP contribution is -2.29. The second-order valence-electron chi connectivity index (χ2n) is 4.74. The molecule has 1 amide bonds. The molecule has 0 atom stereocenters. The van der Waals surface area contributed by atoms with Gasteiger partial charge in [0.25, 0.3) is 0 Å². The van der Waals surface area contributed by atoms with Crippen molar-refractivity contribution in [3.05, 3.63) is 29.8 Å². The van der Waals surface area contributed by atoms with Gasteiger partial charge in [-0.1, -0.05) is 24.6 Å². The van der Waals surface area contributed by atoms with Gasteiger partial charge in [0.1, 0.15) is 0 Å². The number of nitrogens with one attached hydrogen (secondary N) is 1. The van der Waals surface area contributed by atoms with Crippen LogP contribution in [0.1, 0.15) is 31.2 Å². The van der Waals surface area contributed by atoms with Crippen LogP contribution in [-0.2, 0) is 11.2 Å². The zero-order chi connectivity index (χ0) is 12.8. The molecule has 4 heteroatoms. The third kappa shape index (κ3) is 3.23. The lowest BCUT2D eigenvalue weighted by molar-refractivity contribution is -0.121. The van der Waals surface area contributed by atoms with Crippen molar-refractivity contribution in [1.29, 1.82) is 0 Å². The molecule has 1 heterocycles. The van der Waals surface area contributed by atoms with E-state index in [2.05, 4.69) is 34.6 Å². The van der Waals surface area contributed by atoms with Gasteiger partial charge in [-0.05, 0) is 30.9 Å². The molecule has 0 saturated heterocycles. The maximum atomic E-state index is 10.9. The molecule has 1 aromatic carbocycles. The van der Waals surface area contributed by atoms with E-state index >= 15 is 0 Å². The SMILES string of the molecule is NNC(=O)CCCCCN1CCc2ccccc21. The topological polar surface area (TPSA) is 58.4 Å². The molecule has 0 aliphatic carbocycles. The number of benzene rings is 1. The highest BCUT2D eigenvalue weighted by Gasteiger charge is 2.17.